The third kappa shape index (κ3) is 1.03. The first kappa shape index (κ1) is 9.22. The van der Waals surface area contributed by atoms with Gasteiger partial charge in [-0.15, -0.1) is 0 Å². The molecular weight excluding hydrogens is 210 g/mol. The standard InChI is InChI=1S/C12H12ClNO/c1-2-14-10-4-3-8(13)7-9(10)11(15)12(14)5-6-12/h3-4,7H,2,5-6H2,1H3. The maximum atomic E-state index is 12.2. The molecule has 0 amide bonds. The van der Waals surface area contributed by atoms with E-state index in [1.54, 1.807) is 6.07 Å². The molecule has 1 spiro atoms. The Labute approximate surface area is 93.8 Å². The van der Waals surface area contributed by atoms with Crippen molar-refractivity contribution in [3.8, 4) is 0 Å². The zero-order valence-electron chi connectivity index (χ0n) is 8.59. The Morgan fingerprint density at radius 1 is 1.47 bits per heavy atom. The SMILES string of the molecule is CCN1c2ccc(Cl)cc2C(=O)C12CC2. The van der Waals surface area contributed by atoms with Crippen LogP contribution in [0.4, 0.5) is 5.69 Å². The first-order valence-electron chi connectivity index (χ1n) is 5.31. The Morgan fingerprint density at radius 3 is 2.80 bits per heavy atom. The summed E-state index contributed by atoms with van der Waals surface area (Å²) in [4.78, 5) is 14.4. The van der Waals surface area contributed by atoms with Crippen molar-refractivity contribution in [2.75, 3.05) is 11.4 Å². The molecule has 1 aromatic rings. The molecule has 78 valence electrons. The van der Waals surface area contributed by atoms with E-state index in [9.17, 15) is 4.79 Å². The Bertz CT molecular complexity index is 451. The van der Waals surface area contributed by atoms with Gasteiger partial charge in [-0.2, -0.15) is 0 Å². The first-order chi connectivity index (χ1) is 7.19. The van der Waals surface area contributed by atoms with Gasteiger partial charge in [-0.05, 0) is 38.0 Å². The van der Waals surface area contributed by atoms with Crippen LogP contribution >= 0.6 is 11.6 Å². The van der Waals surface area contributed by atoms with Gasteiger partial charge in [-0.3, -0.25) is 4.79 Å². The number of anilines is 1. The van der Waals surface area contributed by atoms with Gasteiger partial charge in [0.05, 0.1) is 0 Å². The molecule has 0 unspecified atom stereocenters. The number of fused-ring (bicyclic) bond motifs is 1. The topological polar surface area (TPSA) is 20.3 Å². The second-order valence-electron chi connectivity index (χ2n) is 4.27. The van der Waals surface area contributed by atoms with Crippen LogP contribution in [0.3, 0.4) is 0 Å². The van der Waals surface area contributed by atoms with Crippen molar-refractivity contribution in [1.29, 1.82) is 0 Å². The van der Waals surface area contributed by atoms with E-state index in [1.807, 2.05) is 12.1 Å². The van der Waals surface area contributed by atoms with Crippen molar-refractivity contribution in [1.82, 2.24) is 0 Å². The summed E-state index contributed by atoms with van der Waals surface area (Å²) >= 11 is 5.92. The van der Waals surface area contributed by atoms with Crippen LogP contribution in [0.15, 0.2) is 18.2 Å². The molecule has 1 aliphatic heterocycles. The highest BCUT2D eigenvalue weighted by Gasteiger charge is 2.59. The number of Topliss-reactive ketones (excluding diaryl/α,β-unsaturated/α-hetero) is 1. The molecule has 0 N–H and O–H groups in total. The van der Waals surface area contributed by atoms with E-state index >= 15 is 0 Å². The molecule has 2 nitrogen and oxygen atoms in total. The number of hydrogen-bond donors (Lipinski definition) is 0. The van der Waals surface area contributed by atoms with E-state index < -0.39 is 0 Å². The van der Waals surface area contributed by atoms with Gasteiger partial charge in [0.1, 0.15) is 5.54 Å². The molecule has 3 rings (SSSR count). The van der Waals surface area contributed by atoms with E-state index in [0.29, 0.717) is 5.02 Å². The molecule has 1 fully saturated rings. The molecule has 0 radical (unpaired) electrons. The van der Waals surface area contributed by atoms with Crippen molar-refractivity contribution in [2.45, 2.75) is 25.3 Å². The lowest BCUT2D eigenvalue weighted by molar-refractivity contribution is 0.0959. The van der Waals surface area contributed by atoms with Gasteiger partial charge in [0.2, 0.25) is 0 Å². The Morgan fingerprint density at radius 2 is 2.20 bits per heavy atom. The van der Waals surface area contributed by atoms with Gasteiger partial charge >= 0.3 is 0 Å². The number of hydrogen-bond acceptors (Lipinski definition) is 2. The highest BCUT2D eigenvalue weighted by molar-refractivity contribution is 6.31. The maximum Gasteiger partial charge on any atom is 0.190 e. The summed E-state index contributed by atoms with van der Waals surface area (Å²) in [7, 11) is 0. The molecule has 2 aliphatic rings. The quantitative estimate of drug-likeness (QED) is 0.727. The third-order valence-electron chi connectivity index (χ3n) is 3.47. The van der Waals surface area contributed by atoms with Crippen molar-refractivity contribution >= 4 is 23.1 Å². The predicted molar refractivity (Wildman–Crippen MR) is 60.8 cm³/mol. The van der Waals surface area contributed by atoms with E-state index in [1.165, 1.54) is 0 Å². The number of carbonyl (C=O) groups is 1. The van der Waals surface area contributed by atoms with Gasteiger partial charge in [0, 0.05) is 22.8 Å². The number of nitrogens with zero attached hydrogens (tertiary/aromatic N) is 1. The van der Waals surface area contributed by atoms with E-state index in [4.69, 9.17) is 11.6 Å². The van der Waals surface area contributed by atoms with Crippen LogP contribution in [0.25, 0.3) is 0 Å². The number of carbonyl (C=O) groups excluding carboxylic acids is 1. The lowest BCUT2D eigenvalue weighted by Crippen LogP contribution is -2.37. The van der Waals surface area contributed by atoms with Gasteiger partial charge in [-0.25, -0.2) is 0 Å². The summed E-state index contributed by atoms with van der Waals surface area (Å²) in [5, 5.41) is 0.649. The summed E-state index contributed by atoms with van der Waals surface area (Å²) in [6, 6.07) is 5.62. The van der Waals surface area contributed by atoms with Crippen LogP contribution < -0.4 is 4.90 Å². The molecule has 1 heterocycles. The second kappa shape index (κ2) is 2.76. The smallest absolute Gasteiger partial charge is 0.190 e. The van der Waals surface area contributed by atoms with E-state index in [-0.39, 0.29) is 11.3 Å². The zero-order valence-corrected chi connectivity index (χ0v) is 9.34. The Hall–Kier alpha value is -1.02. The molecule has 0 saturated heterocycles. The average Bonchev–Trinajstić information content (AvgIpc) is 2.97. The normalized spacial score (nSPS) is 20.9. The molecule has 0 atom stereocenters. The Balaban J connectivity index is 2.19. The van der Waals surface area contributed by atoms with Crippen LogP contribution in [-0.4, -0.2) is 17.9 Å². The Kier molecular flexibility index (Phi) is 1.70. The summed E-state index contributed by atoms with van der Waals surface area (Å²) < 4.78 is 0. The summed E-state index contributed by atoms with van der Waals surface area (Å²) in [5.41, 5.74) is 1.67. The first-order valence-corrected chi connectivity index (χ1v) is 5.69. The van der Waals surface area contributed by atoms with Gasteiger partial charge < -0.3 is 4.90 Å². The van der Waals surface area contributed by atoms with Gasteiger partial charge in [0.15, 0.2) is 5.78 Å². The molecule has 3 heteroatoms. The number of rotatable bonds is 1. The van der Waals surface area contributed by atoms with Gasteiger partial charge in [0.25, 0.3) is 0 Å². The predicted octanol–water partition coefficient (Wildman–Crippen LogP) is 2.90. The minimum absolute atomic E-state index is 0.193. The third-order valence-corrected chi connectivity index (χ3v) is 3.71. The molecule has 0 aromatic heterocycles. The van der Waals surface area contributed by atoms with E-state index in [0.717, 1.165) is 30.6 Å². The van der Waals surface area contributed by atoms with Crippen LogP contribution in [0, 0.1) is 0 Å². The summed E-state index contributed by atoms with van der Waals surface area (Å²) in [6.45, 7) is 2.98. The fourth-order valence-corrected chi connectivity index (χ4v) is 2.79. The van der Waals surface area contributed by atoms with Crippen LogP contribution in [0.5, 0.6) is 0 Å². The van der Waals surface area contributed by atoms with E-state index in [2.05, 4.69) is 11.8 Å². The molecule has 1 aromatic carbocycles. The monoisotopic (exact) mass is 221 g/mol. The summed E-state index contributed by atoms with van der Waals surface area (Å²) in [6.07, 6.45) is 1.98. The average molecular weight is 222 g/mol. The number of benzene rings is 1. The van der Waals surface area contributed by atoms with Crippen molar-refractivity contribution in [2.24, 2.45) is 0 Å². The van der Waals surface area contributed by atoms with Crippen molar-refractivity contribution in [3.63, 3.8) is 0 Å². The lowest BCUT2D eigenvalue weighted by atomic mass is 10.1. The minimum atomic E-state index is -0.193. The van der Waals surface area contributed by atoms with Gasteiger partial charge in [-0.1, -0.05) is 11.6 Å². The second-order valence-corrected chi connectivity index (χ2v) is 4.70. The van der Waals surface area contributed by atoms with Crippen LogP contribution in [0.1, 0.15) is 30.1 Å². The number of halogens is 1. The zero-order chi connectivity index (χ0) is 10.6. The fourth-order valence-electron chi connectivity index (χ4n) is 2.62. The van der Waals surface area contributed by atoms with Crippen molar-refractivity contribution in [3.05, 3.63) is 28.8 Å². The number of likely N-dealkylation sites (N-methyl/N-ethyl adjacent to an activating group) is 1. The van der Waals surface area contributed by atoms with Crippen LogP contribution in [0.2, 0.25) is 5.02 Å². The number of ketones is 1. The highest BCUT2D eigenvalue weighted by atomic mass is 35.5. The summed E-state index contributed by atoms with van der Waals surface area (Å²) in [5.74, 6) is 0.266. The molecule has 1 saturated carbocycles. The molecule has 0 bridgehead atoms. The largest absolute Gasteiger partial charge is 0.358 e. The van der Waals surface area contributed by atoms with Crippen LogP contribution in [-0.2, 0) is 0 Å². The highest BCUT2D eigenvalue weighted by Crippen LogP contribution is 2.53. The fraction of sp³-hybridized carbons (Fsp3) is 0.417. The lowest BCUT2D eigenvalue weighted by Gasteiger charge is -2.24. The minimum Gasteiger partial charge on any atom is -0.358 e. The maximum absolute atomic E-state index is 12.2. The molecule has 1 aliphatic carbocycles. The molecular formula is C12H12ClNO. The molecule has 15 heavy (non-hydrogen) atoms. The van der Waals surface area contributed by atoms with Crippen molar-refractivity contribution < 1.29 is 4.79 Å².